The molecule has 2 amide bonds. The number of benzene rings is 1. The molecule has 1 aliphatic rings. The summed E-state index contributed by atoms with van der Waals surface area (Å²) in [5.41, 5.74) is 1.51. The second kappa shape index (κ2) is 10.1. The predicted octanol–water partition coefficient (Wildman–Crippen LogP) is 2.04. The van der Waals surface area contributed by atoms with Crippen molar-refractivity contribution in [3.05, 3.63) is 35.4 Å². The van der Waals surface area contributed by atoms with E-state index in [0.717, 1.165) is 31.2 Å². The molecule has 0 heterocycles. The van der Waals surface area contributed by atoms with Gasteiger partial charge in [0, 0.05) is 30.3 Å². The Morgan fingerprint density at radius 3 is 2.40 bits per heavy atom. The number of carboxylic acids is 1. The molecule has 25 heavy (non-hydrogen) atoms. The Labute approximate surface area is 151 Å². The van der Waals surface area contributed by atoms with Crippen molar-refractivity contribution in [2.75, 3.05) is 18.1 Å². The molecule has 2 rings (SSSR count). The van der Waals surface area contributed by atoms with Gasteiger partial charge in [0.2, 0.25) is 5.91 Å². The minimum Gasteiger partial charge on any atom is -0.481 e. The van der Waals surface area contributed by atoms with Crippen molar-refractivity contribution in [3.63, 3.8) is 0 Å². The molecular formula is C18H24N2O4S. The fourth-order valence-electron chi connectivity index (χ4n) is 2.79. The number of thioether (sulfide) groups is 1. The summed E-state index contributed by atoms with van der Waals surface area (Å²) in [5, 5.41) is 14.2. The highest BCUT2D eigenvalue weighted by atomic mass is 32.2. The summed E-state index contributed by atoms with van der Waals surface area (Å²) in [6, 6.07) is 7.14. The molecule has 3 N–H and O–H groups in total. The first-order chi connectivity index (χ1) is 12.1. The Morgan fingerprint density at radius 2 is 1.76 bits per heavy atom. The van der Waals surface area contributed by atoms with E-state index in [2.05, 4.69) is 10.6 Å². The van der Waals surface area contributed by atoms with E-state index in [-0.39, 0.29) is 23.5 Å². The van der Waals surface area contributed by atoms with Crippen LogP contribution in [0.1, 0.15) is 41.6 Å². The second-order valence-electron chi connectivity index (χ2n) is 6.10. The Morgan fingerprint density at radius 1 is 1.08 bits per heavy atom. The molecule has 6 nitrogen and oxygen atoms in total. The highest BCUT2D eigenvalue weighted by molar-refractivity contribution is 7.99. The van der Waals surface area contributed by atoms with Gasteiger partial charge < -0.3 is 15.7 Å². The standard InChI is InChI=1S/C18H24N2O4S/c21-16(22)12-25-10-9-19-17(23)15-7-5-13(6-8-15)11-20-18(24)14-3-1-2-4-14/h5-8,14H,1-4,9-12H2,(H,19,23)(H,20,24)(H,21,22). The molecule has 7 heteroatoms. The topological polar surface area (TPSA) is 95.5 Å². The predicted molar refractivity (Wildman–Crippen MR) is 97.5 cm³/mol. The number of carboxylic acid groups (broad SMARTS) is 1. The molecule has 0 saturated heterocycles. The number of nitrogens with one attached hydrogen (secondary N) is 2. The van der Waals surface area contributed by atoms with Gasteiger partial charge in [-0.1, -0.05) is 25.0 Å². The first-order valence-electron chi connectivity index (χ1n) is 8.50. The van der Waals surface area contributed by atoms with Gasteiger partial charge in [0.1, 0.15) is 0 Å². The molecule has 1 aliphatic carbocycles. The van der Waals surface area contributed by atoms with Crippen LogP contribution in [0.3, 0.4) is 0 Å². The van der Waals surface area contributed by atoms with E-state index in [1.165, 1.54) is 11.8 Å². The fraction of sp³-hybridized carbons (Fsp3) is 0.500. The van der Waals surface area contributed by atoms with Crippen LogP contribution in [0.4, 0.5) is 0 Å². The lowest BCUT2D eigenvalue weighted by molar-refractivity contribution is -0.134. The van der Waals surface area contributed by atoms with Crippen LogP contribution in [0.25, 0.3) is 0 Å². The van der Waals surface area contributed by atoms with E-state index in [9.17, 15) is 14.4 Å². The van der Waals surface area contributed by atoms with Gasteiger partial charge >= 0.3 is 5.97 Å². The van der Waals surface area contributed by atoms with Crippen molar-refractivity contribution < 1.29 is 19.5 Å². The van der Waals surface area contributed by atoms with Crippen LogP contribution in [0, 0.1) is 5.92 Å². The van der Waals surface area contributed by atoms with Crippen LogP contribution in [0.15, 0.2) is 24.3 Å². The average molecular weight is 364 g/mol. The minimum atomic E-state index is -0.855. The van der Waals surface area contributed by atoms with E-state index in [1.807, 2.05) is 12.1 Å². The highest BCUT2D eigenvalue weighted by Crippen LogP contribution is 2.24. The lowest BCUT2D eigenvalue weighted by Gasteiger charge is -2.11. The largest absolute Gasteiger partial charge is 0.481 e. The van der Waals surface area contributed by atoms with Gasteiger partial charge in [-0.2, -0.15) is 0 Å². The maximum absolute atomic E-state index is 12.0. The van der Waals surface area contributed by atoms with Crippen LogP contribution < -0.4 is 10.6 Å². The van der Waals surface area contributed by atoms with Crippen molar-refractivity contribution in [2.45, 2.75) is 32.2 Å². The Kier molecular flexibility index (Phi) is 7.78. The monoisotopic (exact) mass is 364 g/mol. The van der Waals surface area contributed by atoms with Gasteiger partial charge in [0.05, 0.1) is 5.75 Å². The van der Waals surface area contributed by atoms with Gasteiger partial charge in [-0.25, -0.2) is 0 Å². The average Bonchev–Trinajstić information content (AvgIpc) is 3.14. The summed E-state index contributed by atoms with van der Waals surface area (Å²) in [6.07, 6.45) is 4.23. The number of carbonyl (C=O) groups is 3. The molecular weight excluding hydrogens is 340 g/mol. The van der Waals surface area contributed by atoms with Crippen molar-refractivity contribution in [2.24, 2.45) is 5.92 Å². The van der Waals surface area contributed by atoms with Gasteiger partial charge in [0.25, 0.3) is 5.91 Å². The Hall–Kier alpha value is -2.02. The summed E-state index contributed by atoms with van der Waals surface area (Å²) < 4.78 is 0. The lowest BCUT2D eigenvalue weighted by Crippen LogP contribution is -2.29. The van der Waals surface area contributed by atoms with Gasteiger partial charge in [-0.05, 0) is 30.5 Å². The molecule has 136 valence electrons. The first-order valence-corrected chi connectivity index (χ1v) is 9.66. The maximum atomic E-state index is 12.0. The summed E-state index contributed by atoms with van der Waals surface area (Å²) in [6.45, 7) is 0.902. The molecule has 0 aromatic heterocycles. The number of hydrogen-bond donors (Lipinski definition) is 3. The molecule has 1 saturated carbocycles. The Bertz CT molecular complexity index is 598. The summed E-state index contributed by atoms with van der Waals surface area (Å²) in [5.74, 6) is -0.160. The van der Waals surface area contributed by atoms with E-state index in [1.54, 1.807) is 12.1 Å². The lowest BCUT2D eigenvalue weighted by atomic mass is 10.1. The van der Waals surface area contributed by atoms with Crippen molar-refractivity contribution in [1.82, 2.24) is 10.6 Å². The maximum Gasteiger partial charge on any atom is 0.313 e. The number of rotatable bonds is 9. The summed E-state index contributed by atoms with van der Waals surface area (Å²) in [7, 11) is 0. The molecule has 0 atom stereocenters. The van der Waals surface area contributed by atoms with Crippen LogP contribution in [-0.2, 0) is 16.1 Å². The van der Waals surface area contributed by atoms with Crippen molar-refractivity contribution in [1.29, 1.82) is 0 Å². The van der Waals surface area contributed by atoms with Gasteiger partial charge in [-0.3, -0.25) is 14.4 Å². The normalized spacial score (nSPS) is 14.2. The smallest absolute Gasteiger partial charge is 0.313 e. The zero-order valence-electron chi connectivity index (χ0n) is 14.1. The van der Waals surface area contributed by atoms with Gasteiger partial charge in [0.15, 0.2) is 0 Å². The third-order valence-corrected chi connectivity index (χ3v) is 5.11. The highest BCUT2D eigenvalue weighted by Gasteiger charge is 2.22. The number of carbonyl (C=O) groups excluding carboxylic acids is 2. The quantitative estimate of drug-likeness (QED) is 0.583. The van der Waals surface area contributed by atoms with Crippen molar-refractivity contribution in [3.8, 4) is 0 Å². The van der Waals surface area contributed by atoms with Gasteiger partial charge in [-0.15, -0.1) is 11.8 Å². The number of aliphatic carboxylic acids is 1. The molecule has 0 radical (unpaired) electrons. The fourth-order valence-corrected chi connectivity index (χ4v) is 3.36. The SMILES string of the molecule is O=C(O)CSCCNC(=O)c1ccc(CNC(=O)C2CCCC2)cc1. The third-order valence-electron chi connectivity index (χ3n) is 4.17. The van der Waals surface area contributed by atoms with E-state index >= 15 is 0 Å². The summed E-state index contributed by atoms with van der Waals surface area (Å²) in [4.78, 5) is 34.4. The van der Waals surface area contributed by atoms with E-state index < -0.39 is 5.97 Å². The van der Waals surface area contributed by atoms with E-state index in [0.29, 0.717) is 24.4 Å². The van der Waals surface area contributed by atoms with Crippen LogP contribution >= 0.6 is 11.8 Å². The molecule has 1 aromatic rings. The minimum absolute atomic E-state index is 0.0388. The van der Waals surface area contributed by atoms with E-state index in [4.69, 9.17) is 5.11 Å². The van der Waals surface area contributed by atoms with Crippen LogP contribution in [-0.4, -0.2) is 40.9 Å². The van der Waals surface area contributed by atoms with Crippen molar-refractivity contribution >= 4 is 29.5 Å². The molecule has 0 bridgehead atoms. The zero-order chi connectivity index (χ0) is 18.1. The Balaban J connectivity index is 1.70. The zero-order valence-corrected chi connectivity index (χ0v) is 14.9. The number of amides is 2. The first kappa shape index (κ1) is 19.3. The molecule has 0 spiro atoms. The molecule has 1 aromatic carbocycles. The number of hydrogen-bond acceptors (Lipinski definition) is 4. The molecule has 1 fully saturated rings. The molecule has 0 unspecified atom stereocenters. The second-order valence-corrected chi connectivity index (χ2v) is 7.20. The third kappa shape index (κ3) is 6.78. The molecule has 0 aliphatic heterocycles. The summed E-state index contributed by atoms with van der Waals surface area (Å²) >= 11 is 1.27. The van der Waals surface area contributed by atoms with Crippen LogP contribution in [0.5, 0.6) is 0 Å². The van der Waals surface area contributed by atoms with Crippen LogP contribution in [0.2, 0.25) is 0 Å².